The van der Waals surface area contributed by atoms with Crippen LogP contribution in [0.25, 0.3) is 0 Å². The second-order valence-electron chi connectivity index (χ2n) is 6.13. The summed E-state index contributed by atoms with van der Waals surface area (Å²) in [6.07, 6.45) is 3.54. The van der Waals surface area contributed by atoms with Gasteiger partial charge in [-0.1, -0.05) is 30.3 Å². The predicted molar refractivity (Wildman–Crippen MR) is 90.3 cm³/mol. The Bertz CT molecular complexity index is 770. The number of hydrogen-bond donors (Lipinski definition) is 1. The fourth-order valence-electron chi connectivity index (χ4n) is 3.04. The molecule has 0 unspecified atom stereocenters. The molecule has 124 valence electrons. The highest BCUT2D eigenvalue weighted by Gasteiger charge is 2.15. The summed E-state index contributed by atoms with van der Waals surface area (Å²) in [5.41, 5.74) is 3.70. The molecule has 3 rings (SSSR count). The van der Waals surface area contributed by atoms with Crippen molar-refractivity contribution >= 4 is 11.7 Å². The molecule has 0 aliphatic heterocycles. The zero-order chi connectivity index (χ0) is 16.9. The third-order valence-corrected chi connectivity index (χ3v) is 4.43. The second-order valence-corrected chi connectivity index (χ2v) is 6.13. The van der Waals surface area contributed by atoms with Crippen molar-refractivity contribution < 1.29 is 14.0 Å². The number of hydrogen-bond acceptors (Lipinski definition) is 2. The Morgan fingerprint density at radius 1 is 1.00 bits per heavy atom. The van der Waals surface area contributed by atoms with Gasteiger partial charge in [-0.2, -0.15) is 0 Å². The highest BCUT2D eigenvalue weighted by Crippen LogP contribution is 2.23. The molecule has 24 heavy (non-hydrogen) atoms. The molecule has 0 atom stereocenters. The topological polar surface area (TPSA) is 46.2 Å². The largest absolute Gasteiger partial charge is 0.352 e. The summed E-state index contributed by atoms with van der Waals surface area (Å²) in [6, 6.07) is 12.2. The van der Waals surface area contributed by atoms with Crippen LogP contribution in [0.5, 0.6) is 0 Å². The van der Waals surface area contributed by atoms with E-state index >= 15 is 0 Å². The lowest BCUT2D eigenvalue weighted by Crippen LogP contribution is -2.23. The van der Waals surface area contributed by atoms with E-state index in [2.05, 4.69) is 5.32 Å². The van der Waals surface area contributed by atoms with Crippen LogP contribution in [0.1, 0.15) is 46.3 Å². The van der Waals surface area contributed by atoms with Crippen LogP contribution in [0.2, 0.25) is 0 Å². The number of halogens is 1. The molecule has 0 saturated heterocycles. The van der Waals surface area contributed by atoms with Crippen molar-refractivity contribution in [1.29, 1.82) is 0 Å². The molecule has 2 aromatic rings. The number of carbonyl (C=O) groups excluding carboxylic acids is 2. The van der Waals surface area contributed by atoms with Crippen LogP contribution in [0.4, 0.5) is 4.39 Å². The van der Waals surface area contributed by atoms with Crippen LogP contribution in [0.3, 0.4) is 0 Å². The van der Waals surface area contributed by atoms with E-state index in [0.29, 0.717) is 11.1 Å². The molecule has 1 N–H and O–H groups in total. The number of amides is 1. The van der Waals surface area contributed by atoms with Gasteiger partial charge in [-0.05, 0) is 42.5 Å². The number of rotatable bonds is 6. The summed E-state index contributed by atoms with van der Waals surface area (Å²) >= 11 is 0. The van der Waals surface area contributed by atoms with E-state index in [1.165, 1.54) is 17.2 Å². The second kappa shape index (κ2) is 7.39. The number of benzene rings is 2. The predicted octanol–water partition coefficient (Wildman–Crippen LogP) is 3.59. The molecule has 0 radical (unpaired) electrons. The molecule has 0 spiro atoms. The van der Waals surface area contributed by atoms with Crippen LogP contribution in [0, 0.1) is 5.82 Å². The van der Waals surface area contributed by atoms with E-state index in [0.717, 1.165) is 19.3 Å². The van der Waals surface area contributed by atoms with Crippen LogP contribution < -0.4 is 5.32 Å². The maximum atomic E-state index is 13.5. The molecule has 0 bridgehead atoms. The van der Waals surface area contributed by atoms with Gasteiger partial charge >= 0.3 is 0 Å². The molecule has 1 aliphatic rings. The summed E-state index contributed by atoms with van der Waals surface area (Å²) in [7, 11) is 0. The van der Waals surface area contributed by atoms with Gasteiger partial charge in [0.1, 0.15) is 5.82 Å². The quantitative estimate of drug-likeness (QED) is 0.825. The summed E-state index contributed by atoms with van der Waals surface area (Å²) < 4.78 is 13.5. The Hall–Kier alpha value is -2.49. The summed E-state index contributed by atoms with van der Waals surface area (Å²) in [5, 5.41) is 2.66. The van der Waals surface area contributed by atoms with Crippen LogP contribution in [-0.2, 0) is 24.2 Å². The number of nitrogens with one attached hydrogen (secondary N) is 1. The monoisotopic (exact) mass is 325 g/mol. The van der Waals surface area contributed by atoms with Gasteiger partial charge in [0.2, 0.25) is 5.91 Å². The van der Waals surface area contributed by atoms with Crippen LogP contribution >= 0.6 is 0 Å². The normalized spacial score (nSPS) is 12.7. The maximum Gasteiger partial charge on any atom is 0.220 e. The average molecular weight is 325 g/mol. The summed E-state index contributed by atoms with van der Waals surface area (Å²) in [6.45, 7) is 0.137. The van der Waals surface area contributed by atoms with Gasteiger partial charge in [-0.3, -0.25) is 9.59 Å². The SMILES string of the molecule is O=C(CCC(=O)c1ccc2c(c1)CCC2)NCc1ccccc1F. The molecule has 4 heteroatoms. The van der Waals surface area contributed by atoms with Gasteiger partial charge in [-0.25, -0.2) is 4.39 Å². The lowest BCUT2D eigenvalue weighted by molar-refractivity contribution is -0.121. The Morgan fingerprint density at radius 2 is 1.79 bits per heavy atom. The van der Waals surface area contributed by atoms with Gasteiger partial charge in [0.25, 0.3) is 0 Å². The molecular formula is C20H20FNO2. The van der Waals surface area contributed by atoms with E-state index in [4.69, 9.17) is 0 Å². The molecule has 0 fully saturated rings. The Balaban J connectivity index is 1.49. The van der Waals surface area contributed by atoms with Gasteiger partial charge in [0.15, 0.2) is 5.78 Å². The average Bonchev–Trinajstić information content (AvgIpc) is 3.06. The first-order valence-corrected chi connectivity index (χ1v) is 8.28. The van der Waals surface area contributed by atoms with Gasteiger partial charge in [-0.15, -0.1) is 0 Å². The molecule has 3 nitrogen and oxygen atoms in total. The van der Waals surface area contributed by atoms with Crippen LogP contribution in [0.15, 0.2) is 42.5 Å². The number of ketones is 1. The molecule has 0 saturated carbocycles. The van der Waals surface area contributed by atoms with E-state index in [1.807, 2.05) is 18.2 Å². The first-order chi connectivity index (χ1) is 11.6. The van der Waals surface area contributed by atoms with E-state index in [9.17, 15) is 14.0 Å². The Morgan fingerprint density at radius 3 is 2.62 bits per heavy atom. The van der Waals surface area contributed by atoms with Crippen molar-refractivity contribution in [2.75, 3.05) is 0 Å². The standard InChI is InChI=1S/C20H20FNO2/c21-18-7-2-1-4-17(18)13-22-20(24)11-10-19(23)16-9-8-14-5-3-6-15(14)12-16/h1-2,4,7-9,12H,3,5-6,10-11,13H2,(H,22,24). The first kappa shape index (κ1) is 16.4. The Kier molecular flexibility index (Phi) is 5.04. The van der Waals surface area contributed by atoms with Crippen LogP contribution in [-0.4, -0.2) is 11.7 Å². The number of aryl methyl sites for hydroxylation is 2. The van der Waals surface area contributed by atoms with Gasteiger partial charge < -0.3 is 5.32 Å². The molecular weight excluding hydrogens is 305 g/mol. The van der Waals surface area contributed by atoms with E-state index in [-0.39, 0.29) is 36.9 Å². The zero-order valence-electron chi connectivity index (χ0n) is 13.5. The van der Waals surface area contributed by atoms with E-state index < -0.39 is 0 Å². The van der Waals surface area contributed by atoms with Crippen molar-refractivity contribution in [2.45, 2.75) is 38.6 Å². The molecule has 2 aromatic carbocycles. The third kappa shape index (κ3) is 3.88. The molecule has 1 amide bonds. The van der Waals surface area contributed by atoms with Gasteiger partial charge in [0, 0.05) is 30.5 Å². The number of Topliss-reactive ketones (excluding diaryl/α,β-unsaturated/α-hetero) is 1. The first-order valence-electron chi connectivity index (χ1n) is 8.28. The lowest BCUT2D eigenvalue weighted by Gasteiger charge is -2.07. The summed E-state index contributed by atoms with van der Waals surface area (Å²) in [5.74, 6) is -0.606. The maximum absolute atomic E-state index is 13.5. The lowest BCUT2D eigenvalue weighted by atomic mass is 10.0. The minimum Gasteiger partial charge on any atom is -0.352 e. The number of carbonyl (C=O) groups is 2. The van der Waals surface area contributed by atoms with E-state index in [1.54, 1.807) is 18.2 Å². The van der Waals surface area contributed by atoms with Crippen molar-refractivity contribution in [3.63, 3.8) is 0 Å². The third-order valence-electron chi connectivity index (χ3n) is 4.43. The van der Waals surface area contributed by atoms with Crippen molar-refractivity contribution in [3.8, 4) is 0 Å². The number of fused-ring (bicyclic) bond motifs is 1. The highest BCUT2D eigenvalue weighted by molar-refractivity contribution is 5.98. The summed E-state index contributed by atoms with van der Waals surface area (Å²) in [4.78, 5) is 24.1. The minimum absolute atomic E-state index is 0.0225. The Labute approximate surface area is 140 Å². The van der Waals surface area contributed by atoms with Gasteiger partial charge in [0.05, 0.1) is 0 Å². The molecule has 1 aliphatic carbocycles. The zero-order valence-corrected chi connectivity index (χ0v) is 13.5. The minimum atomic E-state index is -0.341. The van der Waals surface area contributed by atoms with Crippen molar-refractivity contribution in [2.24, 2.45) is 0 Å². The van der Waals surface area contributed by atoms with Crippen molar-refractivity contribution in [1.82, 2.24) is 5.32 Å². The molecule has 0 aromatic heterocycles. The molecule has 0 heterocycles. The van der Waals surface area contributed by atoms with Crippen molar-refractivity contribution in [3.05, 3.63) is 70.5 Å². The fourth-order valence-corrected chi connectivity index (χ4v) is 3.04. The highest BCUT2D eigenvalue weighted by atomic mass is 19.1. The fraction of sp³-hybridized carbons (Fsp3) is 0.300. The smallest absolute Gasteiger partial charge is 0.220 e.